The summed E-state index contributed by atoms with van der Waals surface area (Å²) >= 11 is -5.12. The van der Waals surface area contributed by atoms with Crippen molar-refractivity contribution in [2.45, 2.75) is 7.43 Å². The summed E-state index contributed by atoms with van der Waals surface area (Å²) in [6, 6.07) is 0. The van der Waals surface area contributed by atoms with Crippen LogP contribution in [0.2, 0.25) is 0 Å². The third-order valence-electron chi connectivity index (χ3n) is 0. The minimum atomic E-state index is -5.12. The molecule has 0 saturated carbocycles. The maximum absolute atomic E-state index is 8.80. The van der Waals surface area contributed by atoms with Crippen molar-refractivity contribution >= 4 is 0 Å². The fourth-order valence-corrected chi connectivity index (χ4v) is 0. The van der Waals surface area contributed by atoms with Crippen molar-refractivity contribution in [1.82, 2.24) is 0 Å². The van der Waals surface area contributed by atoms with Crippen LogP contribution >= 0.6 is 0 Å². The Hall–Kier alpha value is 1.68. The van der Waals surface area contributed by atoms with E-state index in [0.29, 0.717) is 0 Å². The van der Waals surface area contributed by atoms with E-state index in [1.165, 1.54) is 0 Å². The van der Waals surface area contributed by atoms with E-state index in [4.69, 9.17) is 16.0 Å². The van der Waals surface area contributed by atoms with E-state index in [-0.39, 0.29) is 60.2 Å². The molecule has 7 heavy (non-hydrogen) atoms. The summed E-state index contributed by atoms with van der Waals surface area (Å²) in [4.78, 5) is 0. The van der Waals surface area contributed by atoms with Gasteiger partial charge in [-0.05, 0) is 0 Å². The first kappa shape index (κ1) is 15.9. The zero-order chi connectivity index (χ0) is 4.50. The van der Waals surface area contributed by atoms with Gasteiger partial charge in [0.05, 0.1) is 0 Å². The molecular formula is CH7KMnO4. The van der Waals surface area contributed by atoms with Crippen molar-refractivity contribution in [1.29, 1.82) is 0 Å². The average Bonchev–Trinajstić information content (AvgIpc) is 0.722. The Morgan fingerprint density at radius 3 is 1.29 bits per heavy atom. The summed E-state index contributed by atoms with van der Waals surface area (Å²) in [7, 11) is 0. The molecular weight excluding hydrogens is 170 g/mol. The van der Waals surface area contributed by atoms with Gasteiger partial charge in [-0.1, -0.05) is 7.43 Å². The molecule has 43 valence electrons. The van der Waals surface area contributed by atoms with Gasteiger partial charge in [0.2, 0.25) is 0 Å². The minimum absolute atomic E-state index is 0. The molecule has 0 aliphatic rings. The molecule has 0 aliphatic carbocycles. The molecule has 0 rings (SSSR count). The molecule has 0 spiro atoms. The van der Waals surface area contributed by atoms with Gasteiger partial charge in [0.15, 0.2) is 0 Å². The first-order valence-corrected chi connectivity index (χ1v) is 2.67. The normalized spacial score (nSPS) is 8.29. The monoisotopic (exact) mass is 177 g/mol. The van der Waals surface area contributed by atoms with Crippen molar-refractivity contribution in [2.75, 3.05) is 0 Å². The summed E-state index contributed by atoms with van der Waals surface area (Å²) in [5.41, 5.74) is 0. The summed E-state index contributed by atoms with van der Waals surface area (Å²) < 4.78 is 31.8. The van der Waals surface area contributed by atoms with Crippen LogP contribution in [0.4, 0.5) is 0 Å². The molecule has 0 saturated heterocycles. The van der Waals surface area contributed by atoms with E-state index in [1.54, 1.807) is 0 Å². The van der Waals surface area contributed by atoms with Gasteiger partial charge in [-0.25, -0.2) is 0 Å². The van der Waals surface area contributed by atoms with Gasteiger partial charge in [0.25, 0.3) is 0 Å². The van der Waals surface area contributed by atoms with Crippen LogP contribution in [0.5, 0.6) is 0 Å². The third-order valence-corrected chi connectivity index (χ3v) is 0. The predicted octanol–water partition coefficient (Wildman–Crippen LogP) is -3.60. The third kappa shape index (κ3) is 88.0. The molecule has 0 bridgehead atoms. The summed E-state index contributed by atoms with van der Waals surface area (Å²) in [5.74, 6) is 0. The zero-order valence-electron chi connectivity index (χ0n) is 4.09. The van der Waals surface area contributed by atoms with E-state index in [2.05, 4.69) is 0 Å². The van der Waals surface area contributed by atoms with Crippen LogP contribution in [0.15, 0.2) is 0 Å². The first-order chi connectivity index (χ1) is 2.00. The second-order valence-electron chi connectivity index (χ2n) is 0.415. The fourth-order valence-electron chi connectivity index (χ4n) is 0. The van der Waals surface area contributed by atoms with Gasteiger partial charge in [-0.2, -0.15) is 0 Å². The molecule has 0 aromatic carbocycles. The molecule has 0 heterocycles. The van der Waals surface area contributed by atoms with E-state index < -0.39 is 13.4 Å². The van der Waals surface area contributed by atoms with Gasteiger partial charge in [0, 0.05) is 0 Å². The molecule has 0 unspecified atom stereocenters. The summed E-state index contributed by atoms with van der Waals surface area (Å²) in [6.45, 7) is 0. The topological polar surface area (TPSA) is 74.6 Å². The van der Waals surface area contributed by atoms with Gasteiger partial charge in [-0.3, -0.25) is 0 Å². The number of rotatable bonds is 0. The second-order valence-corrected chi connectivity index (χ2v) is 1.71. The molecule has 0 fully saturated rings. The van der Waals surface area contributed by atoms with Crippen molar-refractivity contribution in [3.63, 3.8) is 0 Å². The van der Waals surface area contributed by atoms with Gasteiger partial charge >= 0.3 is 80.8 Å². The van der Waals surface area contributed by atoms with Crippen LogP contribution in [0, 0.1) is 0 Å². The SMILES string of the molecule is C.[H-].[K+].[O]=[Mn](=[O])([OH])[OH]. The Labute approximate surface area is 88.1 Å². The van der Waals surface area contributed by atoms with Gasteiger partial charge < -0.3 is 1.43 Å². The Morgan fingerprint density at radius 2 is 1.29 bits per heavy atom. The van der Waals surface area contributed by atoms with E-state index >= 15 is 0 Å². The molecule has 0 aromatic heterocycles. The predicted molar refractivity (Wildman–Crippen MR) is 13.7 cm³/mol. The Kier molecular flexibility index (Phi) is 13.2. The van der Waals surface area contributed by atoms with Crippen molar-refractivity contribution in [2.24, 2.45) is 0 Å². The second kappa shape index (κ2) is 5.81. The standard InChI is InChI=1S/CH4.K.Mn.2H2O.2O.H/h1H4;;;2*1H2;;;/q;+1;+2;;;;;-1/p-2. The first-order valence-electron chi connectivity index (χ1n) is 0.647. The molecule has 0 aliphatic heterocycles. The number of hydrogen-bond acceptors (Lipinski definition) is 2. The van der Waals surface area contributed by atoms with Gasteiger partial charge in [0.1, 0.15) is 0 Å². The quantitative estimate of drug-likeness (QED) is 0.375. The Morgan fingerprint density at radius 1 is 1.29 bits per heavy atom. The van der Waals surface area contributed by atoms with Crippen LogP contribution in [0.1, 0.15) is 8.85 Å². The number of hydrogen-bond donors (Lipinski definition) is 2. The zero-order valence-corrected chi connectivity index (χ0v) is 7.39. The Balaban J connectivity index is -0.0000000267. The van der Waals surface area contributed by atoms with Crippen molar-refractivity contribution in [3.05, 3.63) is 0 Å². The van der Waals surface area contributed by atoms with Crippen molar-refractivity contribution in [3.8, 4) is 0 Å². The average molecular weight is 177 g/mol. The molecule has 4 nitrogen and oxygen atoms in total. The molecule has 0 amide bonds. The molecule has 0 radical (unpaired) electrons. The van der Waals surface area contributed by atoms with Crippen LogP contribution in [0.3, 0.4) is 0 Å². The summed E-state index contributed by atoms with van der Waals surface area (Å²) in [5, 5.41) is 0. The van der Waals surface area contributed by atoms with Gasteiger partial charge in [-0.15, -0.1) is 0 Å². The Bertz CT molecular complexity index is 99.2. The van der Waals surface area contributed by atoms with Crippen LogP contribution in [0.25, 0.3) is 0 Å². The van der Waals surface area contributed by atoms with Crippen LogP contribution in [-0.2, 0) is 21.0 Å². The van der Waals surface area contributed by atoms with Crippen LogP contribution < -0.4 is 51.4 Å². The van der Waals surface area contributed by atoms with Crippen LogP contribution in [-0.4, -0.2) is 8.38 Å². The molecule has 0 aromatic rings. The summed E-state index contributed by atoms with van der Waals surface area (Å²) in [6.07, 6.45) is 0. The van der Waals surface area contributed by atoms with E-state index in [1.807, 2.05) is 0 Å². The van der Waals surface area contributed by atoms with Crippen molar-refractivity contribution < 1.29 is 82.2 Å². The molecule has 0 atom stereocenters. The maximum atomic E-state index is 8.80. The fraction of sp³-hybridized carbons (Fsp3) is 1.00. The van der Waals surface area contributed by atoms with E-state index in [0.717, 1.165) is 0 Å². The molecule has 6 heteroatoms. The molecule has 2 N–H and O–H groups in total. The van der Waals surface area contributed by atoms with E-state index in [9.17, 15) is 0 Å².